The van der Waals surface area contributed by atoms with Crippen molar-refractivity contribution in [2.75, 3.05) is 13.1 Å². The van der Waals surface area contributed by atoms with E-state index < -0.39 is 0 Å². The largest absolute Gasteiger partial charge is 0.314 e. The molecule has 0 atom stereocenters. The van der Waals surface area contributed by atoms with Crippen LogP contribution in [-0.4, -0.2) is 24.7 Å². The van der Waals surface area contributed by atoms with Gasteiger partial charge in [-0.3, -0.25) is 0 Å². The zero-order valence-corrected chi connectivity index (χ0v) is 9.70. The highest BCUT2D eigenvalue weighted by Gasteiger charge is 2.29. The van der Waals surface area contributed by atoms with E-state index in [0.29, 0.717) is 11.5 Å². The van der Waals surface area contributed by atoms with Gasteiger partial charge in [-0.15, -0.1) is 0 Å². The van der Waals surface area contributed by atoms with Crippen molar-refractivity contribution >= 4 is 0 Å². The zero-order chi connectivity index (χ0) is 10.1. The van der Waals surface area contributed by atoms with Crippen molar-refractivity contribution in [3.05, 3.63) is 0 Å². The summed E-state index contributed by atoms with van der Waals surface area (Å²) in [5.74, 6) is 0. The highest BCUT2D eigenvalue weighted by Crippen LogP contribution is 2.27. The Hall–Kier alpha value is -0.0800. The van der Waals surface area contributed by atoms with E-state index in [9.17, 15) is 0 Å². The summed E-state index contributed by atoms with van der Waals surface area (Å²) in [6, 6.07) is 0.692. The predicted octanol–water partition coefficient (Wildman–Crippen LogP) is 1.76. The molecule has 1 fully saturated rings. The second-order valence-corrected chi connectivity index (χ2v) is 6.12. The molecule has 1 rings (SSSR count). The maximum absolute atomic E-state index is 3.69. The van der Waals surface area contributed by atoms with Crippen molar-refractivity contribution < 1.29 is 0 Å². The van der Waals surface area contributed by atoms with E-state index in [0.717, 1.165) is 13.1 Å². The van der Waals surface area contributed by atoms with Crippen molar-refractivity contribution in [3.8, 4) is 0 Å². The van der Waals surface area contributed by atoms with E-state index >= 15 is 0 Å². The van der Waals surface area contributed by atoms with Gasteiger partial charge in [-0.05, 0) is 25.7 Å². The standard InChI is InChI=1S/C11H24N2/c1-10(2,3)8-11(4,5)13-9-6-12-7-9/h9,12-13H,6-8H2,1-5H3. The SMILES string of the molecule is CC(C)(C)CC(C)(C)NC1CNC1. The summed E-state index contributed by atoms with van der Waals surface area (Å²) in [5, 5.41) is 6.97. The number of nitrogens with one attached hydrogen (secondary N) is 2. The Labute approximate surface area is 82.5 Å². The van der Waals surface area contributed by atoms with Gasteiger partial charge < -0.3 is 10.6 Å². The van der Waals surface area contributed by atoms with Gasteiger partial charge in [0.15, 0.2) is 0 Å². The minimum atomic E-state index is 0.269. The average Bonchev–Trinajstić information content (AvgIpc) is 1.73. The van der Waals surface area contributed by atoms with Crippen LogP contribution >= 0.6 is 0 Å². The number of hydrogen-bond acceptors (Lipinski definition) is 2. The fourth-order valence-electron chi connectivity index (χ4n) is 2.32. The Morgan fingerprint density at radius 3 is 2.00 bits per heavy atom. The van der Waals surface area contributed by atoms with Gasteiger partial charge in [-0.25, -0.2) is 0 Å². The Morgan fingerprint density at radius 1 is 1.15 bits per heavy atom. The Morgan fingerprint density at radius 2 is 1.69 bits per heavy atom. The molecule has 0 radical (unpaired) electrons. The molecular weight excluding hydrogens is 160 g/mol. The van der Waals surface area contributed by atoms with Gasteiger partial charge in [0.1, 0.15) is 0 Å². The smallest absolute Gasteiger partial charge is 0.0322 e. The molecule has 2 nitrogen and oxygen atoms in total. The molecule has 13 heavy (non-hydrogen) atoms. The van der Waals surface area contributed by atoms with Gasteiger partial charge in [0.2, 0.25) is 0 Å². The summed E-state index contributed by atoms with van der Waals surface area (Å²) >= 11 is 0. The quantitative estimate of drug-likeness (QED) is 0.698. The highest BCUT2D eigenvalue weighted by atomic mass is 15.1. The summed E-state index contributed by atoms with van der Waals surface area (Å²) in [6.45, 7) is 13.8. The van der Waals surface area contributed by atoms with Gasteiger partial charge in [-0.2, -0.15) is 0 Å². The summed E-state index contributed by atoms with van der Waals surface area (Å²) in [5.41, 5.74) is 0.679. The molecule has 1 aliphatic heterocycles. The summed E-state index contributed by atoms with van der Waals surface area (Å²) < 4.78 is 0. The van der Waals surface area contributed by atoms with Crippen LogP contribution < -0.4 is 10.6 Å². The molecule has 0 spiro atoms. The van der Waals surface area contributed by atoms with Crippen LogP contribution in [-0.2, 0) is 0 Å². The van der Waals surface area contributed by atoms with E-state index in [1.807, 2.05) is 0 Å². The van der Waals surface area contributed by atoms with Crippen molar-refractivity contribution in [2.45, 2.75) is 52.6 Å². The van der Waals surface area contributed by atoms with Crippen LogP contribution in [0.1, 0.15) is 41.0 Å². The van der Waals surface area contributed by atoms with E-state index in [2.05, 4.69) is 45.3 Å². The number of hydrogen-bond donors (Lipinski definition) is 2. The van der Waals surface area contributed by atoms with Gasteiger partial charge in [-0.1, -0.05) is 20.8 Å². The first kappa shape index (κ1) is 11.0. The lowest BCUT2D eigenvalue weighted by molar-refractivity contribution is 0.199. The molecular formula is C11H24N2. The molecule has 0 amide bonds. The van der Waals surface area contributed by atoms with Crippen LogP contribution in [0.5, 0.6) is 0 Å². The van der Waals surface area contributed by atoms with Crippen molar-refractivity contribution in [1.82, 2.24) is 10.6 Å². The first-order chi connectivity index (χ1) is 5.79. The first-order valence-electron chi connectivity index (χ1n) is 5.27. The van der Waals surface area contributed by atoms with Crippen molar-refractivity contribution in [2.24, 2.45) is 5.41 Å². The third-order valence-corrected chi connectivity index (χ3v) is 2.35. The topological polar surface area (TPSA) is 24.1 Å². The first-order valence-corrected chi connectivity index (χ1v) is 5.27. The van der Waals surface area contributed by atoms with Crippen LogP contribution in [0.25, 0.3) is 0 Å². The minimum absolute atomic E-state index is 0.269. The molecule has 0 saturated carbocycles. The molecule has 78 valence electrons. The molecule has 2 N–H and O–H groups in total. The van der Waals surface area contributed by atoms with Gasteiger partial charge >= 0.3 is 0 Å². The van der Waals surface area contributed by atoms with Crippen molar-refractivity contribution in [3.63, 3.8) is 0 Å². The van der Waals surface area contributed by atoms with Crippen LogP contribution in [0, 0.1) is 5.41 Å². The summed E-state index contributed by atoms with van der Waals surface area (Å²) in [4.78, 5) is 0. The second-order valence-electron chi connectivity index (χ2n) is 6.12. The molecule has 0 aromatic carbocycles. The van der Waals surface area contributed by atoms with Gasteiger partial charge in [0.05, 0.1) is 0 Å². The third kappa shape index (κ3) is 4.10. The third-order valence-electron chi connectivity index (χ3n) is 2.35. The Balaban J connectivity index is 2.35. The Bertz CT molecular complexity index is 163. The second kappa shape index (κ2) is 3.58. The normalized spacial score (nSPS) is 20.1. The molecule has 0 aromatic rings. The van der Waals surface area contributed by atoms with E-state index in [1.165, 1.54) is 6.42 Å². The fraction of sp³-hybridized carbons (Fsp3) is 1.00. The lowest BCUT2D eigenvalue weighted by Crippen LogP contribution is -2.61. The van der Waals surface area contributed by atoms with Gasteiger partial charge in [0, 0.05) is 24.7 Å². The van der Waals surface area contributed by atoms with Crippen LogP contribution in [0.4, 0.5) is 0 Å². The average molecular weight is 184 g/mol. The molecule has 2 heteroatoms. The predicted molar refractivity (Wildman–Crippen MR) is 57.9 cm³/mol. The van der Waals surface area contributed by atoms with Crippen molar-refractivity contribution in [1.29, 1.82) is 0 Å². The number of rotatable bonds is 3. The molecule has 0 bridgehead atoms. The fourth-order valence-corrected chi connectivity index (χ4v) is 2.32. The molecule has 1 aliphatic rings. The molecule has 1 saturated heterocycles. The molecule has 0 unspecified atom stereocenters. The van der Waals surface area contributed by atoms with E-state index in [-0.39, 0.29) is 5.54 Å². The lowest BCUT2D eigenvalue weighted by atomic mass is 9.81. The van der Waals surface area contributed by atoms with Crippen LogP contribution in [0.2, 0.25) is 0 Å². The minimum Gasteiger partial charge on any atom is -0.314 e. The maximum Gasteiger partial charge on any atom is 0.0322 e. The molecule has 0 aliphatic carbocycles. The van der Waals surface area contributed by atoms with Crippen LogP contribution in [0.3, 0.4) is 0 Å². The summed E-state index contributed by atoms with van der Waals surface area (Å²) in [7, 11) is 0. The maximum atomic E-state index is 3.69. The van der Waals surface area contributed by atoms with Gasteiger partial charge in [0.25, 0.3) is 0 Å². The Kier molecular flexibility index (Phi) is 3.03. The van der Waals surface area contributed by atoms with Crippen LogP contribution in [0.15, 0.2) is 0 Å². The van der Waals surface area contributed by atoms with E-state index in [1.54, 1.807) is 0 Å². The zero-order valence-electron chi connectivity index (χ0n) is 9.70. The van der Waals surface area contributed by atoms with E-state index in [4.69, 9.17) is 0 Å². The monoisotopic (exact) mass is 184 g/mol. The summed E-state index contributed by atoms with van der Waals surface area (Å²) in [6.07, 6.45) is 1.22. The molecule has 1 heterocycles. The highest BCUT2D eigenvalue weighted by molar-refractivity contribution is 4.91. The lowest BCUT2D eigenvalue weighted by Gasteiger charge is -2.40. The molecule has 0 aromatic heterocycles.